The zero-order chi connectivity index (χ0) is 19.3. The van der Waals surface area contributed by atoms with Gasteiger partial charge < -0.3 is 20.1 Å². The van der Waals surface area contributed by atoms with Crippen LogP contribution >= 0.6 is 0 Å². The number of anilines is 2. The number of amides is 2. The first-order valence-electron chi connectivity index (χ1n) is 9.43. The molecule has 7 heteroatoms. The van der Waals surface area contributed by atoms with Gasteiger partial charge in [0, 0.05) is 30.9 Å². The molecule has 2 amide bonds. The van der Waals surface area contributed by atoms with Crippen LogP contribution in [0.4, 0.5) is 11.4 Å². The minimum Gasteiger partial charge on any atom is -0.480 e. The van der Waals surface area contributed by atoms with Crippen LogP contribution < -0.4 is 15.4 Å². The van der Waals surface area contributed by atoms with Crippen LogP contribution in [0.1, 0.15) is 5.56 Å². The van der Waals surface area contributed by atoms with E-state index in [2.05, 4.69) is 15.5 Å². The molecule has 1 unspecified atom stereocenters. The number of rotatable bonds is 5. The molecule has 0 spiro atoms. The molecular weight excluding hydrogens is 358 g/mol. The summed E-state index contributed by atoms with van der Waals surface area (Å²) >= 11 is 0. The van der Waals surface area contributed by atoms with Crippen LogP contribution in [0.2, 0.25) is 0 Å². The highest BCUT2D eigenvalue weighted by molar-refractivity contribution is 5.96. The molecule has 28 heavy (non-hydrogen) atoms. The minimum atomic E-state index is -0.523. The summed E-state index contributed by atoms with van der Waals surface area (Å²) in [5, 5.41) is 5.74. The molecule has 146 valence electrons. The van der Waals surface area contributed by atoms with Crippen LogP contribution in [0.25, 0.3) is 0 Å². The molecule has 0 radical (unpaired) electrons. The second kappa shape index (κ2) is 8.41. The maximum atomic E-state index is 12.4. The van der Waals surface area contributed by atoms with Crippen molar-refractivity contribution in [2.75, 3.05) is 43.5 Å². The topological polar surface area (TPSA) is 79.9 Å². The third kappa shape index (κ3) is 4.49. The second-order valence-electron chi connectivity index (χ2n) is 6.92. The third-order valence-electron chi connectivity index (χ3n) is 4.85. The predicted octanol–water partition coefficient (Wildman–Crippen LogP) is 1.90. The van der Waals surface area contributed by atoms with E-state index in [1.165, 1.54) is 0 Å². The number of para-hydroxylation sites is 1. The number of nitrogens with one attached hydrogen (secondary N) is 2. The lowest BCUT2D eigenvalue weighted by Gasteiger charge is -2.25. The lowest BCUT2D eigenvalue weighted by atomic mass is 10.1. The van der Waals surface area contributed by atoms with Crippen LogP contribution in [0.3, 0.4) is 0 Å². The van der Waals surface area contributed by atoms with Gasteiger partial charge in [0.15, 0.2) is 6.10 Å². The number of nitrogens with zero attached hydrogens (tertiary/aromatic N) is 1. The van der Waals surface area contributed by atoms with E-state index in [0.29, 0.717) is 37.6 Å². The van der Waals surface area contributed by atoms with E-state index in [9.17, 15) is 9.59 Å². The molecule has 7 nitrogen and oxygen atoms in total. The Hall–Kier alpha value is -2.90. The van der Waals surface area contributed by atoms with E-state index in [4.69, 9.17) is 9.47 Å². The Balaban J connectivity index is 1.27. The summed E-state index contributed by atoms with van der Waals surface area (Å²) in [4.78, 5) is 26.7. The molecule has 2 N–H and O–H groups in total. The van der Waals surface area contributed by atoms with Crippen molar-refractivity contribution in [2.24, 2.45) is 0 Å². The largest absolute Gasteiger partial charge is 0.480 e. The number of hydrogen-bond acceptors (Lipinski definition) is 5. The summed E-state index contributed by atoms with van der Waals surface area (Å²) in [5.74, 6) is 0.525. The number of benzene rings is 2. The van der Waals surface area contributed by atoms with Crippen molar-refractivity contribution >= 4 is 23.2 Å². The summed E-state index contributed by atoms with van der Waals surface area (Å²) in [6, 6.07) is 14.8. The molecule has 2 heterocycles. The Morgan fingerprint density at radius 1 is 0.964 bits per heavy atom. The van der Waals surface area contributed by atoms with Crippen molar-refractivity contribution in [3.8, 4) is 5.75 Å². The van der Waals surface area contributed by atoms with Crippen LogP contribution in [0, 0.1) is 0 Å². The molecular formula is C21H23N3O4. The summed E-state index contributed by atoms with van der Waals surface area (Å²) < 4.78 is 11.0. The van der Waals surface area contributed by atoms with Gasteiger partial charge in [-0.05, 0) is 35.9 Å². The van der Waals surface area contributed by atoms with Crippen LogP contribution in [0.5, 0.6) is 5.75 Å². The smallest absolute Gasteiger partial charge is 0.265 e. The molecule has 1 saturated heterocycles. The SMILES string of the molecule is O=C(CN1CCOCC1)Nc1ccc(NC(=O)C2Cc3ccccc3O2)cc1. The highest BCUT2D eigenvalue weighted by Gasteiger charge is 2.28. The molecule has 0 aromatic heterocycles. The molecule has 2 aliphatic rings. The van der Waals surface area contributed by atoms with Gasteiger partial charge in [-0.1, -0.05) is 18.2 Å². The lowest BCUT2D eigenvalue weighted by molar-refractivity contribution is -0.122. The second-order valence-corrected chi connectivity index (χ2v) is 6.92. The number of carbonyl (C=O) groups excluding carboxylic acids is 2. The van der Waals surface area contributed by atoms with Gasteiger partial charge in [0.1, 0.15) is 5.75 Å². The quantitative estimate of drug-likeness (QED) is 0.827. The van der Waals surface area contributed by atoms with Gasteiger partial charge in [0.05, 0.1) is 19.8 Å². The third-order valence-corrected chi connectivity index (χ3v) is 4.85. The molecule has 0 bridgehead atoms. The fourth-order valence-corrected chi connectivity index (χ4v) is 3.35. The molecule has 4 rings (SSSR count). The molecule has 2 aromatic carbocycles. The number of hydrogen-bond donors (Lipinski definition) is 2. The molecule has 2 aliphatic heterocycles. The van der Waals surface area contributed by atoms with Gasteiger partial charge in [-0.25, -0.2) is 0 Å². The first kappa shape index (κ1) is 18.5. The summed E-state index contributed by atoms with van der Waals surface area (Å²) in [7, 11) is 0. The zero-order valence-corrected chi connectivity index (χ0v) is 15.5. The van der Waals surface area contributed by atoms with Gasteiger partial charge in [-0.3, -0.25) is 14.5 Å². The van der Waals surface area contributed by atoms with E-state index >= 15 is 0 Å². The van der Waals surface area contributed by atoms with E-state index in [-0.39, 0.29) is 11.8 Å². The summed E-state index contributed by atoms with van der Waals surface area (Å²) in [6.07, 6.45) is 0.0443. The Bertz CT molecular complexity index is 822. The highest BCUT2D eigenvalue weighted by atomic mass is 16.5. The molecule has 1 fully saturated rings. The maximum absolute atomic E-state index is 12.4. The van der Waals surface area contributed by atoms with E-state index in [1.807, 2.05) is 24.3 Å². The minimum absolute atomic E-state index is 0.0594. The standard InChI is InChI=1S/C21H23N3O4/c25-20(14-24-9-11-27-12-10-24)22-16-5-7-17(8-6-16)23-21(26)19-13-15-3-1-2-4-18(15)28-19/h1-8,19H,9-14H2,(H,22,25)(H,23,26). The van der Waals surface area contributed by atoms with Crippen LogP contribution in [0.15, 0.2) is 48.5 Å². The maximum Gasteiger partial charge on any atom is 0.265 e. The fourth-order valence-electron chi connectivity index (χ4n) is 3.35. The lowest BCUT2D eigenvalue weighted by Crippen LogP contribution is -2.41. The average molecular weight is 381 g/mol. The normalized spacial score (nSPS) is 18.8. The van der Waals surface area contributed by atoms with Gasteiger partial charge in [-0.15, -0.1) is 0 Å². The Labute approximate surface area is 163 Å². The molecule has 0 aliphatic carbocycles. The van der Waals surface area contributed by atoms with Crippen LogP contribution in [-0.4, -0.2) is 55.7 Å². The van der Waals surface area contributed by atoms with Crippen molar-refractivity contribution in [3.05, 3.63) is 54.1 Å². The summed E-state index contributed by atoms with van der Waals surface area (Å²) in [6.45, 7) is 3.22. The Morgan fingerprint density at radius 3 is 2.36 bits per heavy atom. The number of carbonyl (C=O) groups is 2. The number of morpholine rings is 1. The van der Waals surface area contributed by atoms with Crippen molar-refractivity contribution in [1.82, 2.24) is 4.90 Å². The van der Waals surface area contributed by atoms with Crippen molar-refractivity contribution in [1.29, 1.82) is 0 Å². The monoisotopic (exact) mass is 381 g/mol. The highest BCUT2D eigenvalue weighted by Crippen LogP contribution is 2.28. The van der Waals surface area contributed by atoms with E-state index in [0.717, 1.165) is 24.4 Å². The predicted molar refractivity (Wildman–Crippen MR) is 106 cm³/mol. The first-order valence-corrected chi connectivity index (χ1v) is 9.43. The number of fused-ring (bicyclic) bond motifs is 1. The fraction of sp³-hybridized carbons (Fsp3) is 0.333. The van der Waals surface area contributed by atoms with Crippen molar-refractivity contribution in [2.45, 2.75) is 12.5 Å². The first-order chi connectivity index (χ1) is 13.7. The van der Waals surface area contributed by atoms with Crippen molar-refractivity contribution in [3.63, 3.8) is 0 Å². The van der Waals surface area contributed by atoms with Crippen molar-refractivity contribution < 1.29 is 19.1 Å². The van der Waals surface area contributed by atoms with Crippen LogP contribution in [-0.2, 0) is 20.7 Å². The summed E-state index contributed by atoms with van der Waals surface area (Å²) in [5.41, 5.74) is 2.40. The Kier molecular flexibility index (Phi) is 5.55. The van der Waals surface area contributed by atoms with Gasteiger partial charge in [-0.2, -0.15) is 0 Å². The zero-order valence-electron chi connectivity index (χ0n) is 15.5. The average Bonchev–Trinajstić information content (AvgIpc) is 3.15. The van der Waals surface area contributed by atoms with Gasteiger partial charge >= 0.3 is 0 Å². The number of ether oxygens (including phenoxy) is 2. The van der Waals surface area contributed by atoms with Gasteiger partial charge in [0.2, 0.25) is 5.91 Å². The van der Waals surface area contributed by atoms with Gasteiger partial charge in [0.25, 0.3) is 5.91 Å². The van der Waals surface area contributed by atoms with E-state index in [1.54, 1.807) is 24.3 Å². The Morgan fingerprint density at radius 2 is 1.64 bits per heavy atom. The molecule has 2 aromatic rings. The molecule has 0 saturated carbocycles. The molecule has 1 atom stereocenters. The van der Waals surface area contributed by atoms with E-state index < -0.39 is 6.10 Å².